The second-order valence-electron chi connectivity index (χ2n) is 6.68. The number of carbonyl (C=O) groups is 1. The largest absolute Gasteiger partial charge is 0.495 e. The predicted octanol–water partition coefficient (Wildman–Crippen LogP) is 4.83. The Kier molecular flexibility index (Phi) is 5.03. The van der Waals surface area contributed by atoms with E-state index in [0.29, 0.717) is 33.5 Å². The van der Waals surface area contributed by atoms with E-state index in [2.05, 4.69) is 10.3 Å². The van der Waals surface area contributed by atoms with Crippen LogP contribution in [0.2, 0.25) is 5.02 Å². The average molecular weight is 410 g/mol. The summed E-state index contributed by atoms with van der Waals surface area (Å²) in [5.74, 6) is 0.936. The molecule has 1 amide bonds. The van der Waals surface area contributed by atoms with Gasteiger partial charge in [0.15, 0.2) is 6.17 Å². The highest BCUT2D eigenvalue weighted by Crippen LogP contribution is 2.41. The first-order chi connectivity index (χ1) is 14.0. The number of pyridine rings is 1. The third-order valence-corrected chi connectivity index (χ3v) is 5.18. The number of hydrogen-bond donors (Lipinski definition) is 1. The van der Waals surface area contributed by atoms with Gasteiger partial charge in [-0.1, -0.05) is 29.3 Å². The molecular weight excluding hydrogens is 390 g/mol. The van der Waals surface area contributed by atoms with Crippen LogP contribution in [-0.2, 0) is 0 Å². The number of aryl methyl sites for hydroxylation is 1. The van der Waals surface area contributed by atoms with Gasteiger partial charge in [0.25, 0.3) is 5.91 Å². The minimum atomic E-state index is -0.514. The molecule has 29 heavy (non-hydrogen) atoms. The molecule has 6 nitrogen and oxygen atoms in total. The van der Waals surface area contributed by atoms with E-state index >= 15 is 0 Å². The van der Waals surface area contributed by atoms with Crippen molar-refractivity contribution < 1.29 is 14.3 Å². The predicted molar refractivity (Wildman–Crippen MR) is 113 cm³/mol. The first-order valence-corrected chi connectivity index (χ1v) is 9.44. The van der Waals surface area contributed by atoms with Crippen LogP contribution in [-0.4, -0.2) is 25.1 Å². The van der Waals surface area contributed by atoms with Crippen LogP contribution in [0.3, 0.4) is 0 Å². The third-order valence-electron chi connectivity index (χ3n) is 4.88. The summed E-state index contributed by atoms with van der Waals surface area (Å²) >= 11 is 6.33. The van der Waals surface area contributed by atoms with Gasteiger partial charge in [-0.05, 0) is 37.3 Å². The van der Waals surface area contributed by atoms with Gasteiger partial charge in [-0.2, -0.15) is 0 Å². The average Bonchev–Trinajstić information content (AvgIpc) is 3.01. The van der Waals surface area contributed by atoms with E-state index in [1.807, 2.05) is 31.2 Å². The quantitative estimate of drug-likeness (QED) is 0.653. The number of benzene rings is 2. The Labute approximate surface area is 174 Å². The normalized spacial score (nSPS) is 15.2. The van der Waals surface area contributed by atoms with Crippen LogP contribution in [0.5, 0.6) is 11.5 Å². The molecule has 1 N–H and O–H groups in total. The maximum atomic E-state index is 13.2. The van der Waals surface area contributed by atoms with Crippen molar-refractivity contribution in [3.8, 4) is 11.5 Å². The molecule has 7 heteroatoms. The number of fused-ring (bicyclic) bond motifs is 1. The van der Waals surface area contributed by atoms with Crippen LogP contribution in [0.1, 0.15) is 27.8 Å². The summed E-state index contributed by atoms with van der Waals surface area (Å²) in [4.78, 5) is 19.3. The van der Waals surface area contributed by atoms with Crippen LogP contribution in [0.25, 0.3) is 0 Å². The number of carbonyl (C=O) groups excluding carboxylic acids is 1. The maximum Gasteiger partial charge on any atom is 0.262 e. The molecule has 0 radical (unpaired) electrons. The maximum absolute atomic E-state index is 13.2. The molecule has 0 spiro atoms. The Hall–Kier alpha value is -3.25. The van der Waals surface area contributed by atoms with Crippen molar-refractivity contribution >= 4 is 28.9 Å². The van der Waals surface area contributed by atoms with Crippen LogP contribution in [0.15, 0.2) is 54.7 Å². The molecule has 148 valence electrons. The Morgan fingerprint density at radius 1 is 1.07 bits per heavy atom. The van der Waals surface area contributed by atoms with Gasteiger partial charge in [-0.25, -0.2) is 0 Å². The van der Waals surface area contributed by atoms with Crippen LogP contribution >= 0.6 is 11.6 Å². The lowest BCUT2D eigenvalue weighted by Crippen LogP contribution is -2.32. The summed E-state index contributed by atoms with van der Waals surface area (Å²) in [6, 6.07) is 14.8. The Bertz CT molecular complexity index is 1070. The number of nitrogens with one attached hydrogen (secondary N) is 1. The SMILES string of the molecule is COc1cc(OC)c(N[C@@H]2c3ncccc3C(=O)N2c2ccc(C)cc2)cc1Cl. The van der Waals surface area contributed by atoms with E-state index < -0.39 is 6.17 Å². The zero-order valence-corrected chi connectivity index (χ0v) is 17.0. The van der Waals surface area contributed by atoms with Crippen molar-refractivity contribution in [3.63, 3.8) is 0 Å². The summed E-state index contributed by atoms with van der Waals surface area (Å²) in [6.07, 6.45) is 1.16. The molecule has 2 heterocycles. The number of halogens is 1. The molecule has 3 aromatic rings. The molecule has 0 unspecified atom stereocenters. The monoisotopic (exact) mass is 409 g/mol. The van der Waals surface area contributed by atoms with Crippen LogP contribution < -0.4 is 19.7 Å². The van der Waals surface area contributed by atoms with E-state index in [9.17, 15) is 4.79 Å². The zero-order chi connectivity index (χ0) is 20.5. The van der Waals surface area contributed by atoms with Crippen molar-refractivity contribution in [1.29, 1.82) is 0 Å². The van der Waals surface area contributed by atoms with E-state index in [0.717, 1.165) is 11.3 Å². The smallest absolute Gasteiger partial charge is 0.262 e. The lowest BCUT2D eigenvalue weighted by atomic mass is 10.2. The fraction of sp³-hybridized carbons (Fsp3) is 0.182. The Morgan fingerprint density at radius 2 is 1.79 bits per heavy atom. The summed E-state index contributed by atoms with van der Waals surface area (Å²) in [7, 11) is 3.11. The number of anilines is 2. The molecule has 0 aliphatic carbocycles. The fourth-order valence-electron chi connectivity index (χ4n) is 3.41. The molecule has 1 atom stereocenters. The molecule has 0 saturated heterocycles. The van der Waals surface area contributed by atoms with Gasteiger partial charge < -0.3 is 14.8 Å². The topological polar surface area (TPSA) is 63.7 Å². The number of ether oxygens (including phenoxy) is 2. The number of nitrogens with zero attached hydrogens (tertiary/aromatic N) is 2. The minimum Gasteiger partial charge on any atom is -0.495 e. The summed E-state index contributed by atoms with van der Waals surface area (Å²) < 4.78 is 10.8. The van der Waals surface area contributed by atoms with Gasteiger partial charge in [0.1, 0.15) is 11.5 Å². The standard InChI is InChI=1S/C22H20ClN3O3/c1-13-6-8-14(9-7-13)26-21(20-15(22(26)27)5-4-10-24-20)25-17-11-16(23)18(28-2)12-19(17)29-3/h4-12,21,25H,1-3H3/t21-/m0/s1. The summed E-state index contributed by atoms with van der Waals surface area (Å²) in [6.45, 7) is 2.01. The van der Waals surface area contributed by atoms with Gasteiger partial charge in [0.05, 0.1) is 36.2 Å². The zero-order valence-electron chi connectivity index (χ0n) is 16.3. The Morgan fingerprint density at radius 3 is 2.48 bits per heavy atom. The first-order valence-electron chi connectivity index (χ1n) is 9.06. The number of methoxy groups -OCH3 is 2. The molecule has 0 fully saturated rings. The lowest BCUT2D eigenvalue weighted by molar-refractivity contribution is 0.0993. The number of aromatic nitrogens is 1. The van der Waals surface area contributed by atoms with E-state index in [1.165, 1.54) is 0 Å². The highest BCUT2D eigenvalue weighted by Gasteiger charge is 2.39. The molecule has 4 rings (SSSR count). The van der Waals surface area contributed by atoms with Crippen molar-refractivity contribution in [2.75, 3.05) is 24.4 Å². The first kappa shape index (κ1) is 19.1. The van der Waals surface area contributed by atoms with Crippen molar-refractivity contribution in [3.05, 3.63) is 76.6 Å². The van der Waals surface area contributed by atoms with Crippen molar-refractivity contribution in [2.24, 2.45) is 0 Å². The van der Waals surface area contributed by atoms with Crippen LogP contribution in [0.4, 0.5) is 11.4 Å². The second-order valence-corrected chi connectivity index (χ2v) is 7.09. The molecule has 1 aliphatic rings. The van der Waals surface area contributed by atoms with Gasteiger partial charge in [0.2, 0.25) is 0 Å². The van der Waals surface area contributed by atoms with E-state index in [4.69, 9.17) is 21.1 Å². The molecular formula is C22H20ClN3O3. The van der Waals surface area contributed by atoms with Gasteiger partial charge in [-0.15, -0.1) is 0 Å². The number of hydrogen-bond acceptors (Lipinski definition) is 5. The highest BCUT2D eigenvalue weighted by atomic mass is 35.5. The molecule has 0 saturated carbocycles. The van der Waals surface area contributed by atoms with E-state index in [1.54, 1.807) is 49.6 Å². The molecule has 1 aliphatic heterocycles. The second kappa shape index (κ2) is 7.64. The van der Waals surface area contributed by atoms with Crippen molar-refractivity contribution in [1.82, 2.24) is 4.98 Å². The Balaban J connectivity index is 1.80. The lowest BCUT2D eigenvalue weighted by Gasteiger charge is -2.27. The highest BCUT2D eigenvalue weighted by molar-refractivity contribution is 6.32. The number of amides is 1. The van der Waals surface area contributed by atoms with E-state index in [-0.39, 0.29) is 5.91 Å². The molecule has 1 aromatic heterocycles. The number of rotatable bonds is 5. The third kappa shape index (κ3) is 3.36. The fourth-order valence-corrected chi connectivity index (χ4v) is 3.65. The van der Waals surface area contributed by atoms with Gasteiger partial charge in [-0.3, -0.25) is 14.7 Å². The summed E-state index contributed by atoms with van der Waals surface area (Å²) in [5, 5.41) is 3.81. The molecule has 0 bridgehead atoms. The summed E-state index contributed by atoms with van der Waals surface area (Å²) in [5.41, 5.74) is 3.72. The van der Waals surface area contributed by atoms with Gasteiger partial charge in [0, 0.05) is 18.0 Å². The van der Waals surface area contributed by atoms with Crippen LogP contribution in [0, 0.1) is 6.92 Å². The van der Waals surface area contributed by atoms with Crippen molar-refractivity contribution in [2.45, 2.75) is 13.1 Å². The van der Waals surface area contributed by atoms with Gasteiger partial charge >= 0.3 is 0 Å². The molecule has 2 aromatic carbocycles. The minimum absolute atomic E-state index is 0.118.